The van der Waals surface area contributed by atoms with Gasteiger partial charge in [-0.25, -0.2) is 19.3 Å². The highest BCUT2D eigenvalue weighted by Crippen LogP contribution is 2.35. The van der Waals surface area contributed by atoms with Crippen molar-refractivity contribution < 1.29 is 8.78 Å². The second-order valence-corrected chi connectivity index (χ2v) is 8.75. The van der Waals surface area contributed by atoms with Gasteiger partial charge in [0.1, 0.15) is 11.6 Å². The Morgan fingerprint density at radius 3 is 2.81 bits per heavy atom. The van der Waals surface area contributed by atoms with Gasteiger partial charge in [-0.05, 0) is 36.8 Å². The zero-order valence-electron chi connectivity index (χ0n) is 19.4. The third-order valence-corrected chi connectivity index (χ3v) is 6.20. The van der Waals surface area contributed by atoms with Crippen LogP contribution in [0.15, 0.2) is 61.1 Å². The molecule has 1 saturated heterocycles. The molecule has 1 aliphatic heterocycles. The number of anilines is 3. The lowest BCUT2D eigenvalue weighted by molar-refractivity contribution is 0.483. The van der Waals surface area contributed by atoms with Crippen LogP contribution in [0.4, 0.5) is 26.2 Å². The van der Waals surface area contributed by atoms with E-state index in [1.807, 2.05) is 12.3 Å². The van der Waals surface area contributed by atoms with E-state index in [1.54, 1.807) is 24.5 Å². The number of hydrogen-bond donors (Lipinski definition) is 2. The molecule has 0 bridgehead atoms. The Hall–Kier alpha value is -4.31. The zero-order chi connectivity index (χ0) is 24.6. The van der Waals surface area contributed by atoms with E-state index in [-0.39, 0.29) is 5.82 Å². The van der Waals surface area contributed by atoms with Gasteiger partial charge in [-0.2, -0.15) is 9.37 Å². The molecule has 1 atom stereocenters. The third kappa shape index (κ3) is 4.16. The molecule has 10 heteroatoms. The van der Waals surface area contributed by atoms with Crippen molar-refractivity contribution in [3.63, 3.8) is 0 Å². The molecule has 0 radical (unpaired) electrons. The molecule has 180 valence electrons. The van der Waals surface area contributed by atoms with Crippen LogP contribution in [0, 0.1) is 11.8 Å². The van der Waals surface area contributed by atoms with Crippen molar-refractivity contribution >= 4 is 33.9 Å². The number of halogens is 2. The fourth-order valence-corrected chi connectivity index (χ4v) is 4.40. The summed E-state index contributed by atoms with van der Waals surface area (Å²) < 4.78 is 27.6. The fourth-order valence-electron chi connectivity index (χ4n) is 4.40. The molecule has 1 fully saturated rings. The molecule has 8 nitrogen and oxygen atoms in total. The van der Waals surface area contributed by atoms with Crippen LogP contribution in [-0.2, 0) is 0 Å². The Bertz CT molecular complexity index is 1530. The minimum Gasteiger partial charge on any atom is -0.353 e. The minimum absolute atomic E-state index is 0.245. The zero-order valence-corrected chi connectivity index (χ0v) is 19.4. The minimum atomic E-state index is -0.789. The maximum atomic E-state index is 14.1. The van der Waals surface area contributed by atoms with Crippen LogP contribution in [0.5, 0.6) is 0 Å². The first-order chi connectivity index (χ1) is 17.5. The van der Waals surface area contributed by atoms with Gasteiger partial charge in [0.25, 0.3) is 0 Å². The number of pyridine rings is 3. The van der Waals surface area contributed by atoms with Gasteiger partial charge in [0.05, 0.1) is 17.1 Å². The van der Waals surface area contributed by atoms with Crippen LogP contribution in [0.25, 0.3) is 27.9 Å². The number of allylic oxidation sites excluding steroid dienone is 4. The highest BCUT2D eigenvalue weighted by Gasteiger charge is 2.24. The molecule has 2 aliphatic rings. The summed E-state index contributed by atoms with van der Waals surface area (Å²) in [6.07, 6.45) is 11.3. The molecule has 2 N–H and O–H groups in total. The van der Waals surface area contributed by atoms with Crippen molar-refractivity contribution in [2.75, 3.05) is 29.9 Å². The van der Waals surface area contributed by atoms with E-state index < -0.39 is 11.8 Å². The van der Waals surface area contributed by atoms with Gasteiger partial charge in [-0.1, -0.05) is 18.2 Å². The number of rotatable bonds is 5. The van der Waals surface area contributed by atoms with Gasteiger partial charge < -0.3 is 15.5 Å². The summed E-state index contributed by atoms with van der Waals surface area (Å²) in [5, 5.41) is 7.18. The summed E-state index contributed by atoms with van der Waals surface area (Å²) in [6, 6.07) is 5.75. The second kappa shape index (κ2) is 9.04. The van der Waals surface area contributed by atoms with Gasteiger partial charge in [-0.15, -0.1) is 0 Å². The van der Waals surface area contributed by atoms with Gasteiger partial charge in [0.15, 0.2) is 17.5 Å². The molecule has 0 unspecified atom stereocenters. The molecule has 0 spiro atoms. The molecule has 4 aromatic heterocycles. The SMILES string of the molecule is C[C@H]1CN(c2nc(-c3ccnc(Nc4nc(F)ccc4F)c3)nc3cncc(C4=CC=C4)c23)CCN1. The van der Waals surface area contributed by atoms with Gasteiger partial charge in [-0.3, -0.25) is 4.98 Å². The fraction of sp³-hybridized carbons (Fsp3) is 0.192. The van der Waals surface area contributed by atoms with E-state index in [2.05, 4.69) is 49.6 Å². The quantitative estimate of drug-likeness (QED) is 0.406. The monoisotopic (exact) mass is 484 g/mol. The smallest absolute Gasteiger partial charge is 0.214 e. The Balaban J connectivity index is 1.45. The van der Waals surface area contributed by atoms with Crippen LogP contribution < -0.4 is 15.5 Å². The van der Waals surface area contributed by atoms with Gasteiger partial charge in [0.2, 0.25) is 5.95 Å². The predicted octanol–water partition coefficient (Wildman–Crippen LogP) is 4.25. The van der Waals surface area contributed by atoms with E-state index in [0.717, 1.165) is 59.6 Å². The van der Waals surface area contributed by atoms with E-state index in [4.69, 9.17) is 9.97 Å². The van der Waals surface area contributed by atoms with Gasteiger partial charge >= 0.3 is 0 Å². The van der Waals surface area contributed by atoms with Crippen LogP contribution in [0.1, 0.15) is 12.5 Å². The van der Waals surface area contributed by atoms with E-state index >= 15 is 0 Å². The molecule has 0 aromatic carbocycles. The second-order valence-electron chi connectivity index (χ2n) is 8.75. The summed E-state index contributed by atoms with van der Waals surface area (Å²) in [6.45, 7) is 4.60. The van der Waals surface area contributed by atoms with Crippen molar-refractivity contribution in [1.29, 1.82) is 0 Å². The first-order valence-electron chi connectivity index (χ1n) is 11.6. The van der Waals surface area contributed by atoms with Crippen molar-refractivity contribution in [2.45, 2.75) is 13.0 Å². The molecular weight excluding hydrogens is 462 g/mol. The predicted molar refractivity (Wildman–Crippen MR) is 135 cm³/mol. The number of piperazine rings is 1. The summed E-state index contributed by atoms with van der Waals surface area (Å²) in [4.78, 5) is 24.4. The van der Waals surface area contributed by atoms with Crippen molar-refractivity contribution in [3.05, 3.63) is 78.4 Å². The average molecular weight is 485 g/mol. The third-order valence-electron chi connectivity index (χ3n) is 6.20. The number of aromatic nitrogens is 5. The summed E-state index contributed by atoms with van der Waals surface area (Å²) in [7, 11) is 0. The lowest BCUT2D eigenvalue weighted by atomic mass is 9.97. The van der Waals surface area contributed by atoms with Gasteiger partial charge in [0, 0.05) is 49.2 Å². The molecule has 1 aliphatic carbocycles. The lowest BCUT2D eigenvalue weighted by Gasteiger charge is -2.34. The van der Waals surface area contributed by atoms with E-state index in [9.17, 15) is 8.78 Å². The summed E-state index contributed by atoms with van der Waals surface area (Å²) in [5.41, 5.74) is 3.48. The molecule has 0 saturated carbocycles. The Morgan fingerprint density at radius 2 is 2.00 bits per heavy atom. The van der Waals surface area contributed by atoms with Crippen molar-refractivity contribution in [3.8, 4) is 11.4 Å². The highest BCUT2D eigenvalue weighted by molar-refractivity contribution is 6.02. The van der Waals surface area contributed by atoms with Crippen molar-refractivity contribution in [2.24, 2.45) is 0 Å². The molecule has 4 aromatic rings. The Kier molecular flexibility index (Phi) is 5.57. The first kappa shape index (κ1) is 22.2. The van der Waals surface area contributed by atoms with Crippen LogP contribution in [0.2, 0.25) is 0 Å². The number of nitrogens with zero attached hydrogens (tertiary/aromatic N) is 6. The molecule has 5 heterocycles. The number of nitrogens with one attached hydrogen (secondary N) is 2. The number of fused-ring (bicyclic) bond motifs is 1. The lowest BCUT2D eigenvalue weighted by Crippen LogP contribution is -2.49. The Morgan fingerprint density at radius 1 is 1.11 bits per heavy atom. The first-order valence-corrected chi connectivity index (χ1v) is 11.6. The molecular formula is C26H22F2N8. The van der Waals surface area contributed by atoms with Crippen molar-refractivity contribution in [1.82, 2.24) is 30.2 Å². The van der Waals surface area contributed by atoms with Crippen LogP contribution >= 0.6 is 0 Å². The highest BCUT2D eigenvalue weighted by atomic mass is 19.1. The largest absolute Gasteiger partial charge is 0.353 e. The van der Waals surface area contributed by atoms with Crippen LogP contribution in [-0.4, -0.2) is 50.6 Å². The van der Waals surface area contributed by atoms with E-state index in [0.29, 0.717) is 23.2 Å². The summed E-state index contributed by atoms with van der Waals surface area (Å²) >= 11 is 0. The summed E-state index contributed by atoms with van der Waals surface area (Å²) in [5.74, 6) is -0.0985. The maximum Gasteiger partial charge on any atom is 0.214 e. The standard InChI is InChI=1S/C26H22F2N8/c1-15-14-36(10-9-30-15)26-23-18(16-3-2-4-16)12-29-13-20(23)32-24(35-26)17-7-8-31-22(11-17)34-25-19(27)5-6-21(28)33-25/h2-8,11-13,15,30H,9-10,14H2,1H3,(H,31,33,34)/t15-/m0/s1. The number of hydrogen-bond acceptors (Lipinski definition) is 8. The maximum absolute atomic E-state index is 14.1. The normalized spacial score (nSPS) is 17.1. The average Bonchev–Trinajstić information content (AvgIpc) is 2.85. The van der Waals surface area contributed by atoms with Crippen LogP contribution in [0.3, 0.4) is 0 Å². The Labute approximate surface area is 205 Å². The molecule has 0 amide bonds. The van der Waals surface area contributed by atoms with E-state index in [1.165, 1.54) is 0 Å². The molecule has 6 rings (SSSR count). The topological polar surface area (TPSA) is 91.8 Å². The molecule has 36 heavy (non-hydrogen) atoms.